The number of phosphoric acid groups is 1. The van der Waals surface area contributed by atoms with Gasteiger partial charge in [-0.3, -0.25) is 10.1 Å². The lowest BCUT2D eigenvalue weighted by atomic mass is 10.1. The molecule has 0 saturated heterocycles. The van der Waals surface area contributed by atoms with Crippen molar-refractivity contribution in [1.29, 1.82) is 0 Å². The van der Waals surface area contributed by atoms with Gasteiger partial charge < -0.3 is 14.9 Å². The van der Waals surface area contributed by atoms with Gasteiger partial charge in [0.1, 0.15) is 0 Å². The van der Waals surface area contributed by atoms with Crippen LogP contribution < -0.4 is 5.48 Å². The SMILES string of the molecule is O=[N+]([O-])c1ccc(C(Cl)C(CO)NOP(=O)(O)O)cc1. The second-order valence-corrected chi connectivity index (χ2v) is 5.37. The van der Waals surface area contributed by atoms with Crippen LogP contribution in [0.5, 0.6) is 0 Å². The first kappa shape index (κ1) is 17.0. The first-order valence-corrected chi connectivity index (χ1v) is 7.20. The Hall–Kier alpha value is -1.06. The molecule has 0 aliphatic carbocycles. The average Bonchev–Trinajstić information content (AvgIpc) is 2.38. The molecule has 0 aromatic heterocycles. The Balaban J connectivity index is 2.77. The third-order valence-electron chi connectivity index (χ3n) is 2.30. The van der Waals surface area contributed by atoms with Gasteiger partial charge in [-0.15, -0.1) is 11.6 Å². The molecular formula is C9H12ClN2O7P. The van der Waals surface area contributed by atoms with Gasteiger partial charge in [-0.05, 0) is 5.56 Å². The summed E-state index contributed by atoms with van der Waals surface area (Å²) in [7, 11) is -4.76. The van der Waals surface area contributed by atoms with Crippen molar-refractivity contribution in [2.24, 2.45) is 0 Å². The fraction of sp³-hybridized carbons (Fsp3) is 0.333. The van der Waals surface area contributed by atoms with E-state index in [9.17, 15) is 14.7 Å². The van der Waals surface area contributed by atoms with E-state index in [1.165, 1.54) is 24.3 Å². The molecule has 2 unspecified atom stereocenters. The van der Waals surface area contributed by atoms with Gasteiger partial charge in [0, 0.05) is 12.1 Å². The number of hydrogen-bond acceptors (Lipinski definition) is 6. The molecule has 0 heterocycles. The van der Waals surface area contributed by atoms with Gasteiger partial charge in [0.25, 0.3) is 5.69 Å². The van der Waals surface area contributed by atoms with Crippen molar-refractivity contribution < 1.29 is 29.0 Å². The lowest BCUT2D eigenvalue weighted by Gasteiger charge is -2.21. The van der Waals surface area contributed by atoms with Crippen LogP contribution in [0.25, 0.3) is 0 Å². The van der Waals surface area contributed by atoms with Crippen molar-refractivity contribution in [3.05, 3.63) is 39.9 Å². The van der Waals surface area contributed by atoms with E-state index in [0.29, 0.717) is 5.56 Å². The van der Waals surface area contributed by atoms with Crippen molar-refractivity contribution in [1.82, 2.24) is 5.48 Å². The number of aliphatic hydroxyl groups excluding tert-OH is 1. The highest BCUT2D eigenvalue weighted by molar-refractivity contribution is 7.46. The summed E-state index contributed by atoms with van der Waals surface area (Å²) in [6, 6.07) is 4.19. The molecule has 0 spiro atoms. The highest BCUT2D eigenvalue weighted by Gasteiger charge is 2.25. The molecule has 2 atom stereocenters. The highest BCUT2D eigenvalue weighted by Crippen LogP contribution is 2.35. The molecular weight excluding hydrogens is 315 g/mol. The van der Waals surface area contributed by atoms with E-state index < -0.39 is 30.8 Å². The van der Waals surface area contributed by atoms with Gasteiger partial charge in [0.2, 0.25) is 0 Å². The summed E-state index contributed by atoms with van der Waals surface area (Å²) in [4.78, 5) is 27.0. The van der Waals surface area contributed by atoms with Crippen LogP contribution in [0.15, 0.2) is 24.3 Å². The summed E-state index contributed by atoms with van der Waals surface area (Å²) in [6.07, 6.45) is 0. The number of hydrogen-bond donors (Lipinski definition) is 4. The molecule has 0 fully saturated rings. The number of nitro groups is 1. The maximum absolute atomic E-state index is 10.5. The summed E-state index contributed by atoms with van der Waals surface area (Å²) in [6.45, 7) is -0.564. The highest BCUT2D eigenvalue weighted by atomic mass is 35.5. The lowest BCUT2D eigenvalue weighted by molar-refractivity contribution is -0.384. The molecule has 1 aromatic rings. The first-order chi connectivity index (χ1) is 9.24. The smallest absolute Gasteiger partial charge is 0.395 e. The topological polar surface area (TPSA) is 142 Å². The number of alkyl halides is 1. The molecule has 11 heteroatoms. The third kappa shape index (κ3) is 5.14. The first-order valence-electron chi connectivity index (χ1n) is 5.23. The zero-order valence-electron chi connectivity index (χ0n) is 9.92. The van der Waals surface area contributed by atoms with Crippen molar-refractivity contribution in [2.75, 3.05) is 6.61 Å². The third-order valence-corrected chi connectivity index (χ3v) is 3.19. The van der Waals surface area contributed by atoms with Crippen LogP contribution in [0.4, 0.5) is 5.69 Å². The minimum absolute atomic E-state index is 0.127. The average molecular weight is 327 g/mol. The van der Waals surface area contributed by atoms with Gasteiger partial charge in [-0.25, -0.2) is 4.57 Å². The van der Waals surface area contributed by atoms with Crippen LogP contribution in [-0.4, -0.2) is 32.5 Å². The molecule has 0 aliphatic heterocycles. The standard InChI is InChI=1S/C9H12ClN2O7P/c10-9(8(5-13)11-19-20(16,17)18)6-1-3-7(4-2-6)12(14)15/h1-4,8-9,11,13H,5H2,(H2,16,17,18). The number of aliphatic hydroxyl groups is 1. The van der Waals surface area contributed by atoms with E-state index in [-0.39, 0.29) is 5.69 Å². The van der Waals surface area contributed by atoms with Gasteiger partial charge in [-0.2, -0.15) is 10.1 Å². The number of rotatable bonds is 7. The van der Waals surface area contributed by atoms with Crippen LogP contribution in [0.1, 0.15) is 10.9 Å². The predicted molar refractivity (Wildman–Crippen MR) is 68.8 cm³/mol. The maximum Gasteiger partial charge on any atom is 0.486 e. The van der Waals surface area contributed by atoms with Crippen molar-refractivity contribution >= 4 is 25.1 Å². The zero-order chi connectivity index (χ0) is 15.3. The minimum Gasteiger partial charge on any atom is -0.395 e. The number of hydroxylamine groups is 1. The second kappa shape index (κ2) is 7.09. The predicted octanol–water partition coefficient (Wildman–Crippen LogP) is 0.849. The molecule has 0 radical (unpaired) electrons. The summed E-state index contributed by atoms with van der Waals surface area (Å²) in [5.41, 5.74) is 2.25. The molecule has 0 saturated carbocycles. The van der Waals surface area contributed by atoms with Crippen molar-refractivity contribution in [3.63, 3.8) is 0 Å². The van der Waals surface area contributed by atoms with E-state index in [4.69, 9.17) is 26.5 Å². The molecule has 0 bridgehead atoms. The lowest BCUT2D eigenvalue weighted by Crippen LogP contribution is -2.35. The Morgan fingerprint density at radius 3 is 2.35 bits per heavy atom. The normalized spacial score (nSPS) is 14.8. The number of non-ortho nitro benzene ring substituents is 1. The molecule has 1 rings (SSSR count). The van der Waals surface area contributed by atoms with Crippen LogP contribution in [0.2, 0.25) is 0 Å². The van der Waals surface area contributed by atoms with E-state index in [2.05, 4.69) is 4.62 Å². The number of nitrogens with zero attached hydrogens (tertiary/aromatic N) is 1. The quantitative estimate of drug-likeness (QED) is 0.250. The van der Waals surface area contributed by atoms with E-state index in [0.717, 1.165) is 0 Å². The molecule has 112 valence electrons. The van der Waals surface area contributed by atoms with Crippen LogP contribution in [-0.2, 0) is 9.19 Å². The van der Waals surface area contributed by atoms with Crippen LogP contribution in [0, 0.1) is 10.1 Å². The fourth-order valence-corrected chi connectivity index (χ4v) is 1.89. The molecule has 4 N–H and O–H groups in total. The maximum atomic E-state index is 10.5. The summed E-state index contributed by atoms with van der Waals surface area (Å²) < 4.78 is 14.6. The van der Waals surface area contributed by atoms with Crippen molar-refractivity contribution in [3.8, 4) is 0 Å². The van der Waals surface area contributed by atoms with Crippen LogP contribution in [0.3, 0.4) is 0 Å². The molecule has 9 nitrogen and oxygen atoms in total. The summed E-state index contributed by atoms with van der Waals surface area (Å²) in [5, 5.41) is 18.7. The number of nitro benzene ring substituents is 1. The minimum atomic E-state index is -4.76. The molecule has 0 amide bonds. The Morgan fingerprint density at radius 1 is 1.40 bits per heavy atom. The Bertz CT molecular complexity index is 506. The Kier molecular flexibility index (Phi) is 6.03. The van der Waals surface area contributed by atoms with Gasteiger partial charge in [0.15, 0.2) is 0 Å². The summed E-state index contributed by atoms with van der Waals surface area (Å²) >= 11 is 6.01. The molecule has 1 aromatic carbocycles. The number of nitrogens with one attached hydrogen (secondary N) is 1. The zero-order valence-corrected chi connectivity index (χ0v) is 11.6. The van der Waals surface area contributed by atoms with Gasteiger partial charge >= 0.3 is 7.82 Å². The molecule has 0 aliphatic rings. The van der Waals surface area contributed by atoms with Gasteiger partial charge in [0.05, 0.1) is 22.9 Å². The number of halogens is 1. The van der Waals surface area contributed by atoms with Crippen molar-refractivity contribution in [2.45, 2.75) is 11.4 Å². The van der Waals surface area contributed by atoms with E-state index in [1.807, 2.05) is 5.48 Å². The summed E-state index contributed by atoms with van der Waals surface area (Å²) in [5.74, 6) is 0. The second-order valence-electron chi connectivity index (χ2n) is 3.74. The van der Waals surface area contributed by atoms with E-state index >= 15 is 0 Å². The van der Waals surface area contributed by atoms with Gasteiger partial charge in [-0.1, -0.05) is 12.1 Å². The Morgan fingerprint density at radius 2 is 1.95 bits per heavy atom. The largest absolute Gasteiger partial charge is 0.486 e. The molecule has 20 heavy (non-hydrogen) atoms. The number of benzene rings is 1. The van der Waals surface area contributed by atoms with Crippen LogP contribution >= 0.6 is 19.4 Å². The Labute approximate surface area is 118 Å². The fourth-order valence-electron chi connectivity index (χ4n) is 1.34. The monoisotopic (exact) mass is 326 g/mol. The van der Waals surface area contributed by atoms with E-state index in [1.54, 1.807) is 0 Å².